The maximum atomic E-state index is 5.28. The molecule has 0 spiro atoms. The van der Waals surface area contributed by atoms with Crippen LogP contribution in [0.15, 0.2) is 0 Å². The highest BCUT2D eigenvalue weighted by Crippen LogP contribution is 2.10. The molecule has 0 radical (unpaired) electrons. The maximum absolute atomic E-state index is 5.28. The number of nitrogens with one attached hydrogen (secondary N) is 1. The molecule has 0 unspecified atom stereocenters. The SMILES string of the molecule is CCCCCCCCNC(=S)SCCC(C)C. The van der Waals surface area contributed by atoms with E-state index in [1.54, 1.807) is 11.8 Å². The van der Waals surface area contributed by atoms with Crippen LogP contribution < -0.4 is 5.32 Å². The van der Waals surface area contributed by atoms with E-state index >= 15 is 0 Å². The predicted molar refractivity (Wildman–Crippen MR) is 85.9 cm³/mol. The van der Waals surface area contributed by atoms with Gasteiger partial charge in [0.2, 0.25) is 0 Å². The Morgan fingerprint density at radius 3 is 2.41 bits per heavy atom. The molecule has 0 fully saturated rings. The van der Waals surface area contributed by atoms with Gasteiger partial charge < -0.3 is 5.32 Å². The summed E-state index contributed by atoms with van der Waals surface area (Å²) < 4.78 is 0.985. The van der Waals surface area contributed by atoms with Gasteiger partial charge in [0.25, 0.3) is 0 Å². The van der Waals surface area contributed by atoms with Crippen LogP contribution in [0.5, 0.6) is 0 Å². The highest BCUT2D eigenvalue weighted by Gasteiger charge is 1.99. The smallest absolute Gasteiger partial charge is 0.133 e. The van der Waals surface area contributed by atoms with Crippen molar-refractivity contribution >= 4 is 28.3 Å². The predicted octanol–water partition coefficient (Wildman–Crippen LogP) is 5.00. The van der Waals surface area contributed by atoms with E-state index < -0.39 is 0 Å². The molecule has 0 heterocycles. The minimum absolute atomic E-state index is 0.781. The molecule has 0 aromatic rings. The second-order valence-corrected chi connectivity index (χ2v) is 6.78. The van der Waals surface area contributed by atoms with E-state index in [1.807, 2.05) is 0 Å². The molecule has 0 saturated carbocycles. The fraction of sp³-hybridized carbons (Fsp3) is 0.929. The molecular formula is C14H29NS2. The molecule has 1 N–H and O–H groups in total. The Kier molecular flexibility index (Phi) is 12.9. The number of hydrogen-bond donors (Lipinski definition) is 1. The van der Waals surface area contributed by atoms with Crippen LogP contribution in [0.1, 0.15) is 65.7 Å². The normalized spacial score (nSPS) is 10.8. The van der Waals surface area contributed by atoms with E-state index in [0.717, 1.165) is 22.5 Å². The lowest BCUT2D eigenvalue weighted by Crippen LogP contribution is -2.20. The van der Waals surface area contributed by atoms with E-state index in [-0.39, 0.29) is 0 Å². The quantitative estimate of drug-likeness (QED) is 0.445. The first kappa shape index (κ1) is 17.2. The number of thioether (sulfide) groups is 1. The van der Waals surface area contributed by atoms with Crippen LogP contribution in [-0.2, 0) is 0 Å². The van der Waals surface area contributed by atoms with Crippen LogP contribution >= 0.6 is 24.0 Å². The average molecular weight is 276 g/mol. The third-order valence-corrected chi connectivity index (χ3v) is 4.07. The number of thiocarbonyl (C=S) groups is 1. The Morgan fingerprint density at radius 1 is 1.12 bits per heavy atom. The zero-order valence-electron chi connectivity index (χ0n) is 11.8. The second kappa shape index (κ2) is 12.7. The number of unbranched alkanes of at least 4 members (excludes halogenated alkanes) is 5. The molecule has 0 amide bonds. The van der Waals surface area contributed by atoms with Gasteiger partial charge in [-0.05, 0) is 18.8 Å². The van der Waals surface area contributed by atoms with E-state index in [2.05, 4.69) is 26.1 Å². The van der Waals surface area contributed by atoms with E-state index in [9.17, 15) is 0 Å². The molecule has 0 aromatic carbocycles. The molecule has 3 heteroatoms. The third-order valence-electron chi connectivity index (χ3n) is 2.73. The van der Waals surface area contributed by atoms with Crippen molar-refractivity contribution in [3.8, 4) is 0 Å². The summed E-state index contributed by atoms with van der Waals surface area (Å²) in [4.78, 5) is 0. The summed E-state index contributed by atoms with van der Waals surface area (Å²) in [6.45, 7) is 7.83. The standard InChI is InChI=1S/C14H29NS2/c1-4-5-6-7-8-9-11-15-14(16)17-12-10-13(2)3/h13H,4-12H2,1-3H3,(H,15,16). The minimum atomic E-state index is 0.781. The van der Waals surface area contributed by atoms with Crippen molar-refractivity contribution in [2.75, 3.05) is 12.3 Å². The zero-order valence-corrected chi connectivity index (χ0v) is 13.4. The molecule has 0 atom stereocenters. The van der Waals surface area contributed by atoms with Crippen LogP contribution in [0, 0.1) is 5.92 Å². The molecule has 0 saturated heterocycles. The van der Waals surface area contributed by atoms with Gasteiger partial charge in [0.1, 0.15) is 4.32 Å². The third kappa shape index (κ3) is 14.2. The summed E-state index contributed by atoms with van der Waals surface area (Å²) in [6, 6.07) is 0. The molecule has 0 aromatic heterocycles. The van der Waals surface area contributed by atoms with Gasteiger partial charge in [0, 0.05) is 12.3 Å². The van der Waals surface area contributed by atoms with Crippen molar-refractivity contribution in [2.24, 2.45) is 5.92 Å². The number of rotatable bonds is 10. The van der Waals surface area contributed by atoms with E-state index in [4.69, 9.17) is 12.2 Å². The highest BCUT2D eigenvalue weighted by atomic mass is 32.2. The highest BCUT2D eigenvalue weighted by molar-refractivity contribution is 8.22. The van der Waals surface area contributed by atoms with Crippen molar-refractivity contribution in [3.05, 3.63) is 0 Å². The van der Waals surface area contributed by atoms with Crippen molar-refractivity contribution < 1.29 is 0 Å². The molecule has 0 aliphatic heterocycles. The Morgan fingerprint density at radius 2 is 1.76 bits per heavy atom. The van der Waals surface area contributed by atoms with Crippen molar-refractivity contribution in [1.82, 2.24) is 5.32 Å². The molecule has 0 aliphatic rings. The van der Waals surface area contributed by atoms with Crippen LogP contribution in [0.4, 0.5) is 0 Å². The van der Waals surface area contributed by atoms with Gasteiger partial charge in [-0.1, -0.05) is 76.9 Å². The lowest BCUT2D eigenvalue weighted by atomic mass is 10.1. The summed E-state index contributed by atoms with van der Waals surface area (Å²) in [7, 11) is 0. The van der Waals surface area contributed by atoms with Crippen LogP contribution in [-0.4, -0.2) is 16.6 Å². The molecule has 102 valence electrons. The number of hydrogen-bond acceptors (Lipinski definition) is 2. The first-order valence-electron chi connectivity index (χ1n) is 7.07. The minimum Gasteiger partial charge on any atom is -0.371 e. The van der Waals surface area contributed by atoms with Gasteiger partial charge in [0.05, 0.1) is 0 Å². The average Bonchev–Trinajstić information content (AvgIpc) is 2.27. The topological polar surface area (TPSA) is 12.0 Å². The first-order valence-corrected chi connectivity index (χ1v) is 8.46. The molecule has 17 heavy (non-hydrogen) atoms. The Balaban J connectivity index is 3.16. The van der Waals surface area contributed by atoms with Gasteiger partial charge in [-0.15, -0.1) is 0 Å². The Labute approximate surface area is 118 Å². The van der Waals surface area contributed by atoms with Crippen molar-refractivity contribution in [2.45, 2.75) is 65.7 Å². The molecular weight excluding hydrogens is 246 g/mol. The second-order valence-electron chi connectivity index (χ2n) is 5.01. The summed E-state index contributed by atoms with van der Waals surface area (Å²) in [5.74, 6) is 1.93. The summed E-state index contributed by atoms with van der Waals surface area (Å²) in [5.41, 5.74) is 0. The van der Waals surface area contributed by atoms with E-state index in [1.165, 1.54) is 44.9 Å². The first-order chi connectivity index (χ1) is 8.16. The van der Waals surface area contributed by atoms with Gasteiger partial charge in [0.15, 0.2) is 0 Å². The maximum Gasteiger partial charge on any atom is 0.133 e. The fourth-order valence-electron chi connectivity index (χ4n) is 1.53. The Hall–Kier alpha value is 0.240. The summed E-state index contributed by atoms with van der Waals surface area (Å²) in [6.07, 6.45) is 9.34. The largest absolute Gasteiger partial charge is 0.371 e. The lowest BCUT2D eigenvalue weighted by molar-refractivity contribution is 0.603. The monoisotopic (exact) mass is 275 g/mol. The van der Waals surface area contributed by atoms with E-state index in [0.29, 0.717) is 0 Å². The van der Waals surface area contributed by atoms with Crippen molar-refractivity contribution in [3.63, 3.8) is 0 Å². The van der Waals surface area contributed by atoms with Crippen LogP contribution in [0.25, 0.3) is 0 Å². The molecule has 1 nitrogen and oxygen atoms in total. The van der Waals surface area contributed by atoms with Gasteiger partial charge in [-0.25, -0.2) is 0 Å². The van der Waals surface area contributed by atoms with Crippen LogP contribution in [0.3, 0.4) is 0 Å². The van der Waals surface area contributed by atoms with Crippen molar-refractivity contribution in [1.29, 1.82) is 0 Å². The van der Waals surface area contributed by atoms with Gasteiger partial charge >= 0.3 is 0 Å². The van der Waals surface area contributed by atoms with Crippen LogP contribution in [0.2, 0.25) is 0 Å². The fourth-order valence-corrected chi connectivity index (χ4v) is 2.86. The Bertz CT molecular complexity index is 181. The molecule has 0 rings (SSSR count). The summed E-state index contributed by atoms with van der Waals surface area (Å²) >= 11 is 7.07. The summed E-state index contributed by atoms with van der Waals surface area (Å²) in [5, 5.41) is 3.34. The zero-order chi connectivity index (χ0) is 12.9. The lowest BCUT2D eigenvalue weighted by Gasteiger charge is -2.08. The van der Waals surface area contributed by atoms with Gasteiger partial charge in [-0.3, -0.25) is 0 Å². The molecule has 0 bridgehead atoms. The molecule has 0 aliphatic carbocycles. The van der Waals surface area contributed by atoms with Gasteiger partial charge in [-0.2, -0.15) is 0 Å².